The predicted octanol–water partition coefficient (Wildman–Crippen LogP) is 3.09. The Morgan fingerprint density at radius 1 is 0.974 bits per heavy atom. The summed E-state index contributed by atoms with van der Waals surface area (Å²) in [6.07, 6.45) is 10.6. The van der Waals surface area contributed by atoms with Crippen molar-refractivity contribution in [1.82, 2.24) is 20.2 Å². The van der Waals surface area contributed by atoms with E-state index in [0.29, 0.717) is 24.5 Å². The maximum atomic E-state index is 13.0. The lowest BCUT2D eigenvalue weighted by atomic mass is 9.91. The van der Waals surface area contributed by atoms with Crippen LogP contribution in [0.2, 0.25) is 0 Å². The molecule has 1 aromatic heterocycles. The van der Waals surface area contributed by atoms with Crippen LogP contribution in [0.1, 0.15) is 50.5 Å². The Morgan fingerprint density at radius 2 is 1.74 bits per heavy atom. The van der Waals surface area contributed by atoms with E-state index in [0.717, 1.165) is 82.3 Å². The summed E-state index contributed by atoms with van der Waals surface area (Å²) in [4.78, 5) is 30.2. The number of aromatic nitrogens is 2. The number of hydrogen-bond donors (Lipinski definition) is 2. The van der Waals surface area contributed by atoms with Crippen LogP contribution in [0.3, 0.4) is 0 Å². The van der Waals surface area contributed by atoms with E-state index in [9.17, 15) is 4.79 Å². The molecule has 5 heterocycles. The van der Waals surface area contributed by atoms with E-state index >= 15 is 0 Å². The summed E-state index contributed by atoms with van der Waals surface area (Å²) in [5.41, 5.74) is 2.86. The molecule has 1 aromatic carbocycles. The molecule has 0 bridgehead atoms. The molecule has 0 radical (unpaired) electrons. The van der Waals surface area contributed by atoms with Gasteiger partial charge in [-0.25, -0.2) is 4.98 Å². The minimum absolute atomic E-state index is 0.154. The molecule has 4 aliphatic heterocycles. The molecule has 7 rings (SSSR count). The third kappa shape index (κ3) is 4.29. The summed E-state index contributed by atoms with van der Waals surface area (Å²) >= 11 is 0. The number of nitrogens with zero attached hydrogens (tertiary/aromatic N) is 5. The van der Waals surface area contributed by atoms with Crippen molar-refractivity contribution in [3.05, 3.63) is 36.0 Å². The highest BCUT2D eigenvalue weighted by atomic mass is 16.5. The van der Waals surface area contributed by atoms with Crippen molar-refractivity contribution in [2.24, 2.45) is 0 Å². The smallest absolute Gasteiger partial charge is 0.246 e. The second kappa shape index (κ2) is 10.0. The zero-order valence-electron chi connectivity index (χ0n) is 22.2. The topological polar surface area (TPSA) is 85.9 Å². The number of fused-ring (bicyclic) bond motifs is 1. The molecule has 2 aromatic rings. The average molecular weight is 518 g/mol. The van der Waals surface area contributed by atoms with E-state index in [2.05, 4.69) is 54.6 Å². The molecular weight excluding hydrogens is 478 g/mol. The number of morpholine rings is 1. The predicted molar refractivity (Wildman–Crippen MR) is 148 cm³/mol. The molecule has 38 heavy (non-hydrogen) atoms. The zero-order chi connectivity index (χ0) is 25.5. The molecule has 9 nitrogen and oxygen atoms in total. The second-order valence-electron chi connectivity index (χ2n) is 11.6. The van der Waals surface area contributed by atoms with Crippen molar-refractivity contribution in [2.75, 3.05) is 61.1 Å². The molecular formula is C29H39N7O2. The number of amides is 1. The molecule has 3 saturated heterocycles. The summed E-state index contributed by atoms with van der Waals surface area (Å²) in [5, 5.41) is 6.52. The van der Waals surface area contributed by atoms with Crippen LogP contribution < -0.4 is 20.4 Å². The van der Waals surface area contributed by atoms with Crippen molar-refractivity contribution < 1.29 is 9.53 Å². The van der Waals surface area contributed by atoms with Gasteiger partial charge in [0.05, 0.1) is 13.2 Å². The summed E-state index contributed by atoms with van der Waals surface area (Å²) in [7, 11) is 0. The number of nitrogens with one attached hydrogen (secondary N) is 2. The highest BCUT2D eigenvalue weighted by Gasteiger charge is 2.55. The van der Waals surface area contributed by atoms with Gasteiger partial charge in [0, 0.05) is 74.4 Å². The minimum Gasteiger partial charge on any atom is -0.379 e. The van der Waals surface area contributed by atoms with Gasteiger partial charge in [-0.05, 0) is 56.4 Å². The maximum Gasteiger partial charge on any atom is 0.246 e. The van der Waals surface area contributed by atoms with E-state index in [4.69, 9.17) is 9.72 Å². The van der Waals surface area contributed by atoms with Crippen LogP contribution in [0.5, 0.6) is 0 Å². The molecule has 1 amide bonds. The fraction of sp³-hybridized carbons (Fsp3) is 0.621. The number of rotatable bonds is 5. The number of carbonyl (C=O) groups excluding carboxylic acids is 1. The Labute approximate surface area is 224 Å². The molecule has 9 heteroatoms. The first-order valence-electron chi connectivity index (χ1n) is 14.6. The van der Waals surface area contributed by atoms with Gasteiger partial charge in [-0.1, -0.05) is 12.8 Å². The third-order valence-corrected chi connectivity index (χ3v) is 9.47. The maximum absolute atomic E-state index is 13.0. The Morgan fingerprint density at radius 3 is 2.45 bits per heavy atom. The lowest BCUT2D eigenvalue weighted by molar-refractivity contribution is -0.123. The second-order valence-corrected chi connectivity index (χ2v) is 11.6. The first kappa shape index (κ1) is 24.2. The fourth-order valence-corrected chi connectivity index (χ4v) is 7.46. The Hall–Kier alpha value is -2.91. The number of ether oxygens (including phenoxy) is 1. The van der Waals surface area contributed by atoms with Crippen LogP contribution in [0.4, 0.5) is 23.1 Å². The molecule has 5 aliphatic rings. The normalized spacial score (nSPS) is 26.8. The molecule has 4 fully saturated rings. The molecule has 1 saturated carbocycles. The largest absolute Gasteiger partial charge is 0.379 e. The molecule has 202 valence electrons. The fourth-order valence-electron chi connectivity index (χ4n) is 7.46. The lowest BCUT2D eigenvalue weighted by Crippen LogP contribution is -2.56. The van der Waals surface area contributed by atoms with Gasteiger partial charge in [0.2, 0.25) is 11.9 Å². The van der Waals surface area contributed by atoms with E-state index < -0.39 is 5.54 Å². The van der Waals surface area contributed by atoms with Crippen molar-refractivity contribution in [3.8, 4) is 0 Å². The van der Waals surface area contributed by atoms with Gasteiger partial charge in [0.1, 0.15) is 11.4 Å². The van der Waals surface area contributed by atoms with Crippen LogP contribution in [0.15, 0.2) is 30.5 Å². The average Bonchev–Trinajstić information content (AvgIpc) is 3.69. The van der Waals surface area contributed by atoms with Crippen LogP contribution >= 0.6 is 0 Å². The van der Waals surface area contributed by atoms with Crippen LogP contribution in [-0.4, -0.2) is 84.3 Å². The van der Waals surface area contributed by atoms with Crippen LogP contribution in [0, 0.1) is 0 Å². The molecule has 0 unspecified atom stereocenters. The van der Waals surface area contributed by atoms with Gasteiger partial charge in [0.25, 0.3) is 0 Å². The monoisotopic (exact) mass is 517 g/mol. The minimum atomic E-state index is -0.485. The van der Waals surface area contributed by atoms with Crippen LogP contribution in [-0.2, 0) is 16.0 Å². The molecule has 1 aliphatic carbocycles. The Balaban J connectivity index is 1.03. The van der Waals surface area contributed by atoms with Gasteiger partial charge < -0.3 is 25.2 Å². The zero-order valence-corrected chi connectivity index (χ0v) is 22.2. The van der Waals surface area contributed by atoms with Crippen molar-refractivity contribution in [1.29, 1.82) is 0 Å². The van der Waals surface area contributed by atoms with Gasteiger partial charge in [-0.2, -0.15) is 4.98 Å². The summed E-state index contributed by atoms with van der Waals surface area (Å²) in [6.45, 7) is 6.82. The summed E-state index contributed by atoms with van der Waals surface area (Å²) in [6, 6.07) is 9.73. The first-order chi connectivity index (χ1) is 18.7. The van der Waals surface area contributed by atoms with Gasteiger partial charge >= 0.3 is 0 Å². The standard InChI is InChI=1S/C29H39N7O2/c37-27-29(11-12-30-27)19-21-20-31-28(33-26(21)36(29)25-3-1-2-4-25)32-22-5-7-23(8-6-22)34-13-9-24(10-14-34)35-15-17-38-18-16-35/h5-8,20,24-25H,1-4,9-19H2,(H,30,37)(H,31,32,33)/t29-/m1/s1. The van der Waals surface area contributed by atoms with Crippen molar-refractivity contribution >= 4 is 29.0 Å². The summed E-state index contributed by atoms with van der Waals surface area (Å²) < 4.78 is 5.53. The van der Waals surface area contributed by atoms with E-state index in [-0.39, 0.29) is 5.91 Å². The third-order valence-electron chi connectivity index (χ3n) is 9.47. The first-order valence-corrected chi connectivity index (χ1v) is 14.6. The van der Waals surface area contributed by atoms with Crippen molar-refractivity contribution in [3.63, 3.8) is 0 Å². The highest BCUT2D eigenvalue weighted by Crippen LogP contribution is 2.46. The Bertz CT molecular complexity index is 1150. The van der Waals surface area contributed by atoms with E-state index in [1.165, 1.54) is 31.4 Å². The number of carbonyl (C=O) groups is 1. The van der Waals surface area contributed by atoms with Gasteiger partial charge in [-0.3, -0.25) is 9.69 Å². The summed E-state index contributed by atoms with van der Waals surface area (Å²) in [5.74, 6) is 1.70. The number of anilines is 4. The van der Waals surface area contributed by atoms with Gasteiger partial charge in [0.15, 0.2) is 0 Å². The molecule has 1 spiro atoms. The van der Waals surface area contributed by atoms with E-state index in [1.807, 2.05) is 6.20 Å². The molecule has 1 atom stereocenters. The van der Waals surface area contributed by atoms with E-state index in [1.54, 1.807) is 0 Å². The number of piperidine rings is 1. The lowest BCUT2D eigenvalue weighted by Gasteiger charge is -2.40. The van der Waals surface area contributed by atoms with Crippen molar-refractivity contribution in [2.45, 2.75) is 69.0 Å². The number of hydrogen-bond acceptors (Lipinski definition) is 8. The number of benzene rings is 1. The molecule has 2 N–H and O–H groups in total. The van der Waals surface area contributed by atoms with Crippen LogP contribution in [0.25, 0.3) is 0 Å². The quantitative estimate of drug-likeness (QED) is 0.626. The van der Waals surface area contributed by atoms with Gasteiger partial charge in [-0.15, -0.1) is 0 Å². The highest BCUT2D eigenvalue weighted by molar-refractivity contribution is 5.94. The Kier molecular flexibility index (Phi) is 6.36. The SMILES string of the molecule is O=C1NCC[C@@]12Cc1cnc(Nc3ccc(N4CCC(N5CCOCC5)CC4)cc3)nc1N2C1CCCC1.